The molecule has 1 unspecified atom stereocenters. The molecule has 2 nitrogen and oxygen atoms in total. The van der Waals surface area contributed by atoms with Crippen LogP contribution in [0.5, 0.6) is 5.75 Å². The van der Waals surface area contributed by atoms with Crippen LogP contribution in [0.2, 0.25) is 0 Å². The number of benzene rings is 1. The second kappa shape index (κ2) is 2.99. The highest BCUT2D eigenvalue weighted by atomic mass is 16.6. The van der Waals surface area contributed by atoms with E-state index in [-0.39, 0.29) is 5.60 Å². The third-order valence-corrected chi connectivity index (χ3v) is 2.77. The first-order chi connectivity index (χ1) is 6.57. The first kappa shape index (κ1) is 9.53. The molecule has 2 heteroatoms. The lowest BCUT2D eigenvalue weighted by atomic mass is 9.96. The van der Waals surface area contributed by atoms with Crippen LogP contribution in [0.1, 0.15) is 23.6 Å². The zero-order chi connectivity index (χ0) is 10.3. The lowest BCUT2D eigenvalue weighted by Crippen LogP contribution is -2.06. The molecule has 0 amide bonds. The first-order valence-corrected chi connectivity index (χ1v) is 4.86. The quantitative estimate of drug-likeness (QED) is 0.672. The van der Waals surface area contributed by atoms with E-state index in [1.807, 2.05) is 0 Å². The second-order valence-electron chi connectivity index (χ2n) is 4.18. The third-order valence-electron chi connectivity index (χ3n) is 2.77. The molecule has 0 aliphatic carbocycles. The summed E-state index contributed by atoms with van der Waals surface area (Å²) in [6, 6.07) is 4.28. The molecule has 1 saturated heterocycles. The lowest BCUT2D eigenvalue weighted by Gasteiger charge is -2.15. The summed E-state index contributed by atoms with van der Waals surface area (Å²) >= 11 is 0. The summed E-state index contributed by atoms with van der Waals surface area (Å²) in [6.45, 7) is 7.07. The fraction of sp³-hybridized carbons (Fsp3) is 0.500. The molecule has 0 spiro atoms. The van der Waals surface area contributed by atoms with Crippen molar-refractivity contribution < 1.29 is 9.47 Å². The maximum absolute atomic E-state index is 5.45. The van der Waals surface area contributed by atoms with Gasteiger partial charge < -0.3 is 9.47 Å². The summed E-state index contributed by atoms with van der Waals surface area (Å²) in [4.78, 5) is 0. The van der Waals surface area contributed by atoms with Gasteiger partial charge in [-0.25, -0.2) is 0 Å². The summed E-state index contributed by atoms with van der Waals surface area (Å²) in [7, 11) is 1.72. The van der Waals surface area contributed by atoms with E-state index in [1.165, 1.54) is 16.7 Å². The molecule has 1 aliphatic rings. The van der Waals surface area contributed by atoms with Crippen LogP contribution in [-0.2, 0) is 10.3 Å². The number of hydrogen-bond acceptors (Lipinski definition) is 2. The SMILES string of the molecule is COc1c(C)cc(C)cc1C1(C)CO1. The molecule has 0 aromatic heterocycles. The van der Waals surface area contributed by atoms with Crippen molar-refractivity contribution in [1.82, 2.24) is 0 Å². The summed E-state index contributed by atoms with van der Waals surface area (Å²) in [6.07, 6.45) is 0. The molecule has 1 heterocycles. The molecule has 0 radical (unpaired) electrons. The zero-order valence-electron chi connectivity index (χ0n) is 9.18. The van der Waals surface area contributed by atoms with Gasteiger partial charge in [0.2, 0.25) is 0 Å². The van der Waals surface area contributed by atoms with Crippen LogP contribution < -0.4 is 4.74 Å². The molecule has 1 aliphatic heterocycles. The Hall–Kier alpha value is -1.02. The molecule has 1 aromatic carbocycles. The summed E-state index contributed by atoms with van der Waals surface area (Å²) in [5.74, 6) is 0.968. The van der Waals surface area contributed by atoms with Crippen LogP contribution in [0.25, 0.3) is 0 Å². The van der Waals surface area contributed by atoms with Crippen LogP contribution in [0.4, 0.5) is 0 Å². The van der Waals surface area contributed by atoms with Gasteiger partial charge in [-0.3, -0.25) is 0 Å². The highest BCUT2D eigenvalue weighted by molar-refractivity contribution is 5.48. The highest BCUT2D eigenvalue weighted by Gasteiger charge is 2.43. The van der Waals surface area contributed by atoms with Gasteiger partial charge in [-0.1, -0.05) is 11.6 Å². The number of methoxy groups -OCH3 is 1. The van der Waals surface area contributed by atoms with Crippen molar-refractivity contribution in [2.45, 2.75) is 26.4 Å². The van der Waals surface area contributed by atoms with E-state index in [9.17, 15) is 0 Å². The topological polar surface area (TPSA) is 21.8 Å². The molecule has 0 N–H and O–H groups in total. The number of ether oxygens (including phenoxy) is 2. The Kier molecular flexibility index (Phi) is 2.04. The van der Waals surface area contributed by atoms with Gasteiger partial charge >= 0.3 is 0 Å². The van der Waals surface area contributed by atoms with E-state index < -0.39 is 0 Å². The molecular weight excluding hydrogens is 176 g/mol. The molecule has 76 valence electrons. The summed E-state index contributed by atoms with van der Waals surface area (Å²) < 4.78 is 10.9. The maximum atomic E-state index is 5.45. The monoisotopic (exact) mass is 192 g/mol. The molecule has 1 aromatic rings. The predicted molar refractivity (Wildman–Crippen MR) is 55.8 cm³/mol. The van der Waals surface area contributed by atoms with Crippen LogP contribution in [-0.4, -0.2) is 13.7 Å². The molecule has 2 rings (SSSR count). The molecule has 1 atom stereocenters. The van der Waals surface area contributed by atoms with Crippen molar-refractivity contribution in [1.29, 1.82) is 0 Å². The third kappa shape index (κ3) is 1.40. The van der Waals surface area contributed by atoms with E-state index in [0.717, 1.165) is 12.4 Å². The average molecular weight is 192 g/mol. The Morgan fingerprint density at radius 3 is 2.50 bits per heavy atom. The fourth-order valence-electron chi connectivity index (χ4n) is 1.88. The van der Waals surface area contributed by atoms with E-state index in [2.05, 4.69) is 32.9 Å². The van der Waals surface area contributed by atoms with Crippen molar-refractivity contribution in [3.8, 4) is 5.75 Å². The molecule has 14 heavy (non-hydrogen) atoms. The van der Waals surface area contributed by atoms with Gasteiger partial charge in [0.25, 0.3) is 0 Å². The Labute approximate surface area is 84.8 Å². The van der Waals surface area contributed by atoms with Gasteiger partial charge in [-0.2, -0.15) is 0 Å². The van der Waals surface area contributed by atoms with E-state index in [0.29, 0.717) is 0 Å². The Bertz CT molecular complexity index is 365. The van der Waals surface area contributed by atoms with Gasteiger partial charge in [-0.15, -0.1) is 0 Å². The van der Waals surface area contributed by atoms with Crippen molar-refractivity contribution in [3.63, 3.8) is 0 Å². The van der Waals surface area contributed by atoms with E-state index >= 15 is 0 Å². The Morgan fingerprint density at radius 2 is 2.00 bits per heavy atom. The smallest absolute Gasteiger partial charge is 0.127 e. The van der Waals surface area contributed by atoms with Gasteiger partial charge in [0, 0.05) is 5.56 Å². The molecule has 0 saturated carbocycles. The van der Waals surface area contributed by atoms with Gasteiger partial charge in [0.05, 0.1) is 13.7 Å². The number of rotatable bonds is 2. The highest BCUT2D eigenvalue weighted by Crippen LogP contribution is 2.44. The minimum absolute atomic E-state index is 0.109. The zero-order valence-corrected chi connectivity index (χ0v) is 9.18. The molecule has 0 bridgehead atoms. The fourth-order valence-corrected chi connectivity index (χ4v) is 1.88. The largest absolute Gasteiger partial charge is 0.496 e. The van der Waals surface area contributed by atoms with Gasteiger partial charge in [-0.05, 0) is 32.4 Å². The van der Waals surface area contributed by atoms with Crippen LogP contribution >= 0.6 is 0 Å². The molecular formula is C12H16O2. The average Bonchev–Trinajstić information content (AvgIpc) is 2.84. The minimum atomic E-state index is -0.109. The maximum Gasteiger partial charge on any atom is 0.127 e. The van der Waals surface area contributed by atoms with Crippen molar-refractivity contribution in [2.24, 2.45) is 0 Å². The van der Waals surface area contributed by atoms with E-state index in [1.54, 1.807) is 7.11 Å². The number of epoxide rings is 1. The first-order valence-electron chi connectivity index (χ1n) is 4.86. The van der Waals surface area contributed by atoms with E-state index in [4.69, 9.17) is 9.47 Å². The van der Waals surface area contributed by atoms with Crippen LogP contribution in [0.15, 0.2) is 12.1 Å². The Morgan fingerprint density at radius 1 is 1.36 bits per heavy atom. The standard InChI is InChI=1S/C12H16O2/c1-8-5-9(2)11(13-4)10(6-8)12(3)7-14-12/h5-6H,7H2,1-4H3. The summed E-state index contributed by atoms with van der Waals surface area (Å²) in [5.41, 5.74) is 3.51. The second-order valence-corrected chi connectivity index (χ2v) is 4.18. The Balaban J connectivity index is 2.56. The molecule has 1 fully saturated rings. The van der Waals surface area contributed by atoms with Crippen LogP contribution in [0, 0.1) is 13.8 Å². The minimum Gasteiger partial charge on any atom is -0.496 e. The normalized spacial score (nSPS) is 24.9. The van der Waals surface area contributed by atoms with Crippen molar-refractivity contribution in [2.75, 3.05) is 13.7 Å². The number of hydrogen-bond donors (Lipinski definition) is 0. The van der Waals surface area contributed by atoms with Gasteiger partial charge in [0.1, 0.15) is 11.4 Å². The van der Waals surface area contributed by atoms with Crippen molar-refractivity contribution in [3.05, 3.63) is 28.8 Å². The van der Waals surface area contributed by atoms with Crippen molar-refractivity contribution >= 4 is 0 Å². The predicted octanol–water partition coefficient (Wildman–Crippen LogP) is 2.56. The lowest BCUT2D eigenvalue weighted by molar-refractivity contribution is 0.315. The van der Waals surface area contributed by atoms with Crippen LogP contribution in [0.3, 0.4) is 0 Å². The van der Waals surface area contributed by atoms with Gasteiger partial charge in [0.15, 0.2) is 0 Å². The number of aryl methyl sites for hydroxylation is 2. The summed E-state index contributed by atoms with van der Waals surface area (Å²) in [5, 5.41) is 0.